The lowest BCUT2D eigenvalue weighted by Gasteiger charge is -2.34. The van der Waals surface area contributed by atoms with Crippen molar-refractivity contribution < 1.29 is 23.9 Å². The zero-order valence-electron chi connectivity index (χ0n) is 12.1. The molecule has 0 saturated carbocycles. The standard InChI is InChI=1S/C13H21NO5/c1-6-18-11(16)13(12(17)19-7-2)9(4)8(3)10(15)14(13)5/h8-9H,6-7H2,1-5H3. The van der Waals surface area contributed by atoms with E-state index < -0.39 is 29.3 Å². The van der Waals surface area contributed by atoms with Crippen molar-refractivity contribution in [2.45, 2.75) is 33.2 Å². The van der Waals surface area contributed by atoms with Gasteiger partial charge in [-0.1, -0.05) is 13.8 Å². The number of likely N-dealkylation sites (tertiary alicyclic amines) is 1. The van der Waals surface area contributed by atoms with Crippen molar-refractivity contribution in [1.82, 2.24) is 4.90 Å². The Morgan fingerprint density at radius 2 is 1.58 bits per heavy atom. The van der Waals surface area contributed by atoms with Crippen molar-refractivity contribution in [1.29, 1.82) is 0 Å². The van der Waals surface area contributed by atoms with Crippen LogP contribution in [0.4, 0.5) is 0 Å². The van der Waals surface area contributed by atoms with E-state index in [4.69, 9.17) is 9.47 Å². The summed E-state index contributed by atoms with van der Waals surface area (Å²) >= 11 is 0. The number of amides is 1. The predicted octanol–water partition coefficient (Wildman–Crippen LogP) is 0.596. The number of ether oxygens (including phenoxy) is 2. The smallest absolute Gasteiger partial charge is 0.344 e. The number of hydrogen-bond donors (Lipinski definition) is 0. The lowest BCUT2D eigenvalue weighted by atomic mass is 9.81. The molecule has 1 aliphatic rings. The van der Waals surface area contributed by atoms with Gasteiger partial charge in [0, 0.05) is 18.9 Å². The Kier molecular flexibility index (Phi) is 4.55. The van der Waals surface area contributed by atoms with Crippen molar-refractivity contribution in [2.75, 3.05) is 20.3 Å². The second kappa shape index (κ2) is 5.59. The molecule has 0 aromatic carbocycles. The fourth-order valence-corrected chi connectivity index (χ4v) is 2.57. The minimum absolute atomic E-state index is 0.142. The van der Waals surface area contributed by atoms with Gasteiger partial charge in [0.2, 0.25) is 11.4 Å². The number of carbonyl (C=O) groups is 3. The van der Waals surface area contributed by atoms with Gasteiger partial charge in [-0.25, -0.2) is 9.59 Å². The average molecular weight is 271 g/mol. The van der Waals surface area contributed by atoms with Crippen LogP contribution in [0.25, 0.3) is 0 Å². The van der Waals surface area contributed by atoms with Gasteiger partial charge in [-0.2, -0.15) is 0 Å². The Bertz CT molecular complexity index is 374. The van der Waals surface area contributed by atoms with Crippen LogP contribution < -0.4 is 0 Å². The monoisotopic (exact) mass is 271 g/mol. The van der Waals surface area contributed by atoms with E-state index in [9.17, 15) is 14.4 Å². The normalized spacial score (nSPS) is 25.3. The first-order valence-electron chi connectivity index (χ1n) is 6.47. The van der Waals surface area contributed by atoms with Gasteiger partial charge in [0.05, 0.1) is 13.2 Å². The number of nitrogens with zero attached hydrogens (tertiary/aromatic N) is 1. The molecule has 1 amide bonds. The molecule has 108 valence electrons. The quantitative estimate of drug-likeness (QED) is 0.553. The Balaban J connectivity index is 3.30. The van der Waals surface area contributed by atoms with E-state index in [0.29, 0.717) is 0 Å². The lowest BCUT2D eigenvalue weighted by Crippen LogP contribution is -2.60. The summed E-state index contributed by atoms with van der Waals surface area (Å²) in [7, 11) is 1.44. The van der Waals surface area contributed by atoms with Crippen LogP contribution in [0.1, 0.15) is 27.7 Å². The molecule has 1 saturated heterocycles. The highest BCUT2D eigenvalue weighted by Crippen LogP contribution is 2.40. The molecular weight excluding hydrogens is 250 g/mol. The number of likely N-dealkylation sites (N-methyl/N-ethyl adjacent to an activating group) is 1. The molecule has 0 aliphatic carbocycles. The highest BCUT2D eigenvalue weighted by molar-refractivity contribution is 6.10. The minimum Gasteiger partial charge on any atom is -0.464 e. The molecule has 1 fully saturated rings. The molecule has 0 spiro atoms. The van der Waals surface area contributed by atoms with Gasteiger partial charge in [0.25, 0.3) is 0 Å². The van der Waals surface area contributed by atoms with E-state index in [2.05, 4.69) is 0 Å². The van der Waals surface area contributed by atoms with Crippen LogP contribution in [0, 0.1) is 11.8 Å². The molecule has 2 unspecified atom stereocenters. The summed E-state index contributed by atoms with van der Waals surface area (Å²) in [6.07, 6.45) is 0. The molecule has 0 radical (unpaired) electrons. The van der Waals surface area contributed by atoms with Crippen molar-refractivity contribution in [3.05, 3.63) is 0 Å². The molecule has 19 heavy (non-hydrogen) atoms. The zero-order valence-corrected chi connectivity index (χ0v) is 12.1. The van der Waals surface area contributed by atoms with E-state index in [1.54, 1.807) is 27.7 Å². The predicted molar refractivity (Wildman–Crippen MR) is 67.1 cm³/mol. The van der Waals surface area contributed by atoms with Crippen LogP contribution in [0.3, 0.4) is 0 Å². The topological polar surface area (TPSA) is 72.9 Å². The first-order chi connectivity index (χ1) is 8.85. The maximum Gasteiger partial charge on any atom is 0.344 e. The van der Waals surface area contributed by atoms with Crippen LogP contribution in [0.2, 0.25) is 0 Å². The third kappa shape index (κ3) is 2.09. The van der Waals surface area contributed by atoms with Crippen LogP contribution >= 0.6 is 0 Å². The zero-order chi connectivity index (χ0) is 14.8. The number of rotatable bonds is 4. The summed E-state index contributed by atoms with van der Waals surface area (Å²) in [5, 5.41) is 0. The van der Waals surface area contributed by atoms with E-state index in [1.165, 1.54) is 11.9 Å². The Morgan fingerprint density at radius 3 is 1.84 bits per heavy atom. The van der Waals surface area contributed by atoms with Gasteiger partial charge in [-0.15, -0.1) is 0 Å². The summed E-state index contributed by atoms with van der Waals surface area (Å²) in [6.45, 7) is 6.99. The van der Waals surface area contributed by atoms with Crippen LogP contribution in [-0.4, -0.2) is 48.5 Å². The summed E-state index contributed by atoms with van der Waals surface area (Å²) in [5.74, 6) is -2.63. The van der Waals surface area contributed by atoms with Gasteiger partial charge in [-0.3, -0.25) is 4.79 Å². The van der Waals surface area contributed by atoms with E-state index in [-0.39, 0.29) is 19.1 Å². The van der Waals surface area contributed by atoms with Crippen LogP contribution in [0.5, 0.6) is 0 Å². The highest BCUT2D eigenvalue weighted by Gasteiger charge is 2.65. The third-order valence-corrected chi connectivity index (χ3v) is 3.83. The maximum atomic E-state index is 12.3. The molecule has 1 rings (SSSR count). The van der Waals surface area contributed by atoms with Crippen LogP contribution in [0.15, 0.2) is 0 Å². The van der Waals surface area contributed by atoms with Gasteiger partial charge in [0.1, 0.15) is 0 Å². The molecular formula is C13H21NO5. The van der Waals surface area contributed by atoms with Gasteiger partial charge >= 0.3 is 11.9 Å². The fraction of sp³-hybridized carbons (Fsp3) is 0.769. The van der Waals surface area contributed by atoms with Crippen molar-refractivity contribution in [3.63, 3.8) is 0 Å². The molecule has 0 aromatic rings. The largest absolute Gasteiger partial charge is 0.464 e. The van der Waals surface area contributed by atoms with Crippen LogP contribution in [-0.2, 0) is 23.9 Å². The molecule has 0 aromatic heterocycles. The Labute approximate surface area is 113 Å². The third-order valence-electron chi connectivity index (χ3n) is 3.83. The first-order valence-corrected chi connectivity index (χ1v) is 6.47. The van der Waals surface area contributed by atoms with Gasteiger partial charge in [0.15, 0.2) is 0 Å². The average Bonchev–Trinajstić information content (AvgIpc) is 2.53. The summed E-state index contributed by atoms with van der Waals surface area (Å²) in [6, 6.07) is 0. The van der Waals surface area contributed by atoms with E-state index in [0.717, 1.165) is 0 Å². The van der Waals surface area contributed by atoms with Crippen molar-refractivity contribution in [2.24, 2.45) is 11.8 Å². The Hall–Kier alpha value is -1.59. The van der Waals surface area contributed by atoms with Crippen molar-refractivity contribution >= 4 is 17.8 Å². The minimum atomic E-state index is -1.66. The molecule has 1 heterocycles. The molecule has 2 atom stereocenters. The first kappa shape index (κ1) is 15.5. The second-order valence-corrected chi connectivity index (χ2v) is 4.68. The summed E-state index contributed by atoms with van der Waals surface area (Å²) in [4.78, 5) is 37.8. The molecule has 6 heteroatoms. The van der Waals surface area contributed by atoms with Gasteiger partial charge in [-0.05, 0) is 13.8 Å². The maximum absolute atomic E-state index is 12.3. The molecule has 6 nitrogen and oxygen atoms in total. The SMILES string of the molecule is CCOC(=O)C1(C(=O)OCC)C(C)C(C)C(=O)N1C. The summed E-state index contributed by atoms with van der Waals surface area (Å²) < 4.78 is 10.0. The molecule has 0 bridgehead atoms. The molecule has 1 aliphatic heterocycles. The van der Waals surface area contributed by atoms with Gasteiger partial charge < -0.3 is 14.4 Å². The van der Waals surface area contributed by atoms with E-state index >= 15 is 0 Å². The Morgan fingerprint density at radius 1 is 1.16 bits per heavy atom. The number of hydrogen-bond acceptors (Lipinski definition) is 5. The number of carbonyl (C=O) groups excluding carboxylic acids is 3. The summed E-state index contributed by atoms with van der Waals surface area (Å²) in [5.41, 5.74) is -1.66. The van der Waals surface area contributed by atoms with E-state index in [1.807, 2.05) is 0 Å². The lowest BCUT2D eigenvalue weighted by molar-refractivity contribution is -0.176. The van der Waals surface area contributed by atoms with Crippen molar-refractivity contribution in [3.8, 4) is 0 Å². The highest BCUT2D eigenvalue weighted by atomic mass is 16.6. The second-order valence-electron chi connectivity index (χ2n) is 4.68. The number of esters is 2. The fourth-order valence-electron chi connectivity index (χ4n) is 2.57. The molecule has 0 N–H and O–H groups in total.